The van der Waals surface area contributed by atoms with Gasteiger partial charge in [0.2, 0.25) is 5.88 Å². The normalized spacial score (nSPS) is 10.9. The highest BCUT2D eigenvalue weighted by Crippen LogP contribution is 2.21. The molecule has 1 aromatic rings. The van der Waals surface area contributed by atoms with Gasteiger partial charge in [-0.1, -0.05) is 12.1 Å². The molecule has 0 spiro atoms. The molecule has 0 bridgehead atoms. The Hall–Kier alpha value is -1.65. The minimum absolute atomic E-state index is 0.220. The average Bonchev–Trinajstić information content (AvgIpc) is 2.36. The molecule has 0 fully saturated rings. The number of rotatable bonds is 6. The van der Waals surface area contributed by atoms with Crippen LogP contribution in [0.25, 0.3) is 0 Å². The first kappa shape index (κ1) is 15.4. The fourth-order valence-electron chi connectivity index (χ4n) is 1.45. The van der Waals surface area contributed by atoms with Crippen molar-refractivity contribution in [1.29, 1.82) is 0 Å². The number of esters is 1. The van der Waals surface area contributed by atoms with Crippen LogP contribution in [0, 0.1) is 0 Å². The van der Waals surface area contributed by atoms with Gasteiger partial charge in [-0.05, 0) is 12.5 Å². The number of nitrogens with one attached hydrogen (secondary N) is 1. The summed E-state index contributed by atoms with van der Waals surface area (Å²) in [5.74, 6) is 0.541. The molecule has 0 aliphatic heterocycles. The van der Waals surface area contributed by atoms with Crippen molar-refractivity contribution in [3.05, 3.63) is 17.7 Å². The number of pyridine rings is 1. The van der Waals surface area contributed by atoms with Gasteiger partial charge in [0.1, 0.15) is 11.4 Å². The molecule has 102 valence electrons. The van der Waals surface area contributed by atoms with Crippen LogP contribution in [-0.2, 0) is 4.74 Å². The van der Waals surface area contributed by atoms with E-state index in [-0.39, 0.29) is 5.21 Å². The van der Waals surface area contributed by atoms with Crippen LogP contribution >= 0.6 is 0 Å². The maximum Gasteiger partial charge on any atom is 0.341 e. The molecule has 19 heavy (non-hydrogen) atoms. The van der Waals surface area contributed by atoms with E-state index in [1.807, 2.05) is 0 Å². The van der Waals surface area contributed by atoms with Gasteiger partial charge in [0.05, 0.1) is 29.4 Å². The van der Waals surface area contributed by atoms with Crippen LogP contribution in [-0.4, -0.2) is 47.4 Å². The minimum Gasteiger partial charge on any atom is -0.478 e. The molecule has 0 aliphatic carbocycles. The van der Waals surface area contributed by atoms with Crippen molar-refractivity contribution in [2.45, 2.75) is 18.6 Å². The van der Waals surface area contributed by atoms with Crippen molar-refractivity contribution in [2.24, 2.45) is 0 Å². The number of ether oxygens (including phenoxy) is 2. The van der Waals surface area contributed by atoms with Crippen molar-refractivity contribution >= 4 is 27.5 Å². The van der Waals surface area contributed by atoms with E-state index in [0.29, 0.717) is 23.9 Å². The zero-order valence-electron chi connectivity index (χ0n) is 12.2. The molecule has 0 unspecified atom stereocenters. The van der Waals surface area contributed by atoms with E-state index in [9.17, 15) is 4.79 Å². The van der Waals surface area contributed by atoms with E-state index in [2.05, 4.69) is 37.7 Å². The van der Waals surface area contributed by atoms with Gasteiger partial charge in [-0.3, -0.25) is 0 Å². The molecule has 0 saturated carbocycles. The molecule has 0 atom stereocenters. The molecule has 1 N–H and O–H groups in total. The fourth-order valence-corrected chi connectivity index (χ4v) is 1.45. The molecule has 0 saturated heterocycles. The Morgan fingerprint density at radius 2 is 2.16 bits per heavy atom. The molecule has 0 aliphatic rings. The molecule has 1 rings (SSSR count). The van der Waals surface area contributed by atoms with Gasteiger partial charge in [0.25, 0.3) is 0 Å². The molecule has 5 nitrogen and oxygen atoms in total. The van der Waals surface area contributed by atoms with Gasteiger partial charge in [-0.25, -0.2) is 4.79 Å². The lowest BCUT2D eigenvalue weighted by Crippen LogP contribution is -2.13. The standard InChI is InChI=1S/C12H20B2N2O3/c1-12(13,14)6-7-19-9-5-4-8(11(17)18-3)10(15-2)16-9/h4-5H,6-7,13-14H2,1-3H3,(H,15,16). The summed E-state index contributed by atoms with van der Waals surface area (Å²) >= 11 is 0. The van der Waals surface area contributed by atoms with Crippen LogP contribution in [0.3, 0.4) is 0 Å². The van der Waals surface area contributed by atoms with E-state index in [1.165, 1.54) is 7.11 Å². The second-order valence-electron chi connectivity index (χ2n) is 5.45. The number of anilines is 1. The third-order valence-corrected chi connectivity index (χ3v) is 2.61. The number of carbonyl (C=O) groups is 1. The van der Waals surface area contributed by atoms with Crippen LogP contribution in [0.5, 0.6) is 5.88 Å². The monoisotopic (exact) mass is 262 g/mol. The minimum atomic E-state index is -0.418. The Labute approximate surface area is 115 Å². The Balaban J connectivity index is 2.74. The highest BCUT2D eigenvalue weighted by atomic mass is 16.5. The summed E-state index contributed by atoms with van der Waals surface area (Å²) in [5, 5.41) is 3.09. The Kier molecular flexibility index (Phi) is 5.27. The Morgan fingerprint density at radius 3 is 2.68 bits per heavy atom. The highest BCUT2D eigenvalue weighted by molar-refractivity contribution is 6.39. The number of hydrogen-bond acceptors (Lipinski definition) is 5. The quantitative estimate of drug-likeness (QED) is 0.581. The number of aromatic nitrogens is 1. The molecular weight excluding hydrogens is 242 g/mol. The Morgan fingerprint density at radius 1 is 1.47 bits per heavy atom. The SMILES string of the molecule is BC(B)(C)CCOc1ccc(C(=O)OC)c(NC)n1. The largest absolute Gasteiger partial charge is 0.478 e. The van der Waals surface area contributed by atoms with Gasteiger partial charge in [-0.2, -0.15) is 4.98 Å². The van der Waals surface area contributed by atoms with Crippen molar-refractivity contribution in [3.63, 3.8) is 0 Å². The summed E-state index contributed by atoms with van der Waals surface area (Å²) < 4.78 is 10.3. The molecule has 7 heteroatoms. The number of carbonyl (C=O) groups excluding carboxylic acids is 1. The maximum atomic E-state index is 11.5. The molecule has 0 radical (unpaired) electrons. The zero-order valence-corrected chi connectivity index (χ0v) is 12.2. The second kappa shape index (κ2) is 6.50. The van der Waals surface area contributed by atoms with Gasteiger partial charge < -0.3 is 14.8 Å². The molecule has 1 aromatic heterocycles. The predicted molar refractivity (Wildman–Crippen MR) is 80.7 cm³/mol. The second-order valence-corrected chi connectivity index (χ2v) is 5.45. The van der Waals surface area contributed by atoms with Crippen LogP contribution < -0.4 is 10.1 Å². The van der Waals surface area contributed by atoms with Crippen LogP contribution in [0.4, 0.5) is 5.82 Å². The molecular formula is C12H20B2N2O3. The first-order chi connectivity index (χ1) is 8.87. The number of hydrogen-bond donors (Lipinski definition) is 1. The number of methoxy groups -OCH3 is 1. The summed E-state index contributed by atoms with van der Waals surface area (Å²) in [5.41, 5.74) is 0.396. The fraction of sp³-hybridized carbons (Fsp3) is 0.500. The lowest BCUT2D eigenvalue weighted by atomic mass is 9.54. The smallest absolute Gasteiger partial charge is 0.341 e. The molecule has 1 heterocycles. The predicted octanol–water partition coefficient (Wildman–Crippen LogP) is 0.0811. The van der Waals surface area contributed by atoms with E-state index in [1.54, 1.807) is 19.2 Å². The van der Waals surface area contributed by atoms with E-state index in [0.717, 1.165) is 6.42 Å². The maximum absolute atomic E-state index is 11.5. The Bertz CT molecular complexity index is 447. The van der Waals surface area contributed by atoms with Crippen molar-refractivity contribution in [1.82, 2.24) is 4.98 Å². The first-order valence-corrected chi connectivity index (χ1v) is 6.27. The summed E-state index contributed by atoms with van der Waals surface area (Å²) in [6.45, 7) is 2.75. The van der Waals surface area contributed by atoms with Crippen LogP contribution in [0.2, 0.25) is 5.21 Å². The van der Waals surface area contributed by atoms with Crippen molar-refractivity contribution in [2.75, 3.05) is 26.1 Å². The van der Waals surface area contributed by atoms with E-state index in [4.69, 9.17) is 4.74 Å². The topological polar surface area (TPSA) is 60.5 Å². The van der Waals surface area contributed by atoms with Crippen molar-refractivity contribution in [3.8, 4) is 5.88 Å². The van der Waals surface area contributed by atoms with Crippen molar-refractivity contribution < 1.29 is 14.3 Å². The summed E-state index contributed by atoms with van der Waals surface area (Å²) in [4.78, 5) is 15.8. The third-order valence-electron chi connectivity index (χ3n) is 2.61. The van der Waals surface area contributed by atoms with Gasteiger partial charge in [-0.15, -0.1) is 0 Å². The van der Waals surface area contributed by atoms with Gasteiger partial charge in [0.15, 0.2) is 0 Å². The summed E-state index contributed by atoms with van der Waals surface area (Å²) in [6.07, 6.45) is 0.933. The zero-order chi connectivity index (χ0) is 14.5. The van der Waals surface area contributed by atoms with Gasteiger partial charge >= 0.3 is 5.97 Å². The third kappa shape index (κ3) is 4.85. The molecule has 0 aromatic carbocycles. The lowest BCUT2D eigenvalue weighted by Gasteiger charge is -2.17. The highest BCUT2D eigenvalue weighted by Gasteiger charge is 2.14. The lowest BCUT2D eigenvalue weighted by molar-refractivity contribution is 0.0601. The number of nitrogens with zero attached hydrogens (tertiary/aromatic N) is 1. The molecule has 0 amide bonds. The average molecular weight is 262 g/mol. The summed E-state index contributed by atoms with van der Waals surface area (Å²) in [6, 6.07) is 3.33. The van der Waals surface area contributed by atoms with E-state index < -0.39 is 5.97 Å². The van der Waals surface area contributed by atoms with Crippen LogP contribution in [0.15, 0.2) is 12.1 Å². The van der Waals surface area contributed by atoms with E-state index >= 15 is 0 Å². The van der Waals surface area contributed by atoms with Gasteiger partial charge in [0, 0.05) is 13.1 Å². The van der Waals surface area contributed by atoms with Crippen LogP contribution in [0.1, 0.15) is 23.7 Å². The summed E-state index contributed by atoms with van der Waals surface area (Å²) in [7, 11) is 7.36. The first-order valence-electron chi connectivity index (χ1n) is 6.27.